The number of likely N-dealkylation sites (tertiary alicyclic amines) is 1. The van der Waals surface area contributed by atoms with E-state index in [1.807, 2.05) is 0 Å². The van der Waals surface area contributed by atoms with Gasteiger partial charge in [-0.3, -0.25) is 9.59 Å². The summed E-state index contributed by atoms with van der Waals surface area (Å²) >= 11 is 0. The van der Waals surface area contributed by atoms with E-state index in [0.29, 0.717) is 25.8 Å². The van der Waals surface area contributed by atoms with Crippen LogP contribution in [0.1, 0.15) is 35.2 Å². The molecule has 0 spiro atoms. The lowest BCUT2D eigenvalue weighted by Gasteiger charge is -2.33. The van der Waals surface area contributed by atoms with Crippen molar-refractivity contribution in [2.45, 2.75) is 31.5 Å². The van der Waals surface area contributed by atoms with Gasteiger partial charge in [-0.2, -0.15) is 13.2 Å². The van der Waals surface area contributed by atoms with Crippen molar-refractivity contribution in [2.24, 2.45) is 0 Å². The molecule has 0 aliphatic carbocycles. The summed E-state index contributed by atoms with van der Waals surface area (Å²) in [6.45, 7) is -0.115. The Bertz CT molecular complexity index is 658. The highest BCUT2D eigenvalue weighted by Crippen LogP contribution is 2.29. The smallest absolute Gasteiger partial charge is 0.416 e. The lowest BCUT2D eigenvalue weighted by atomic mass is 10.0. The van der Waals surface area contributed by atoms with Crippen molar-refractivity contribution in [1.29, 1.82) is 0 Å². The van der Waals surface area contributed by atoms with Gasteiger partial charge in [-0.15, -0.1) is 0 Å². The van der Waals surface area contributed by atoms with Gasteiger partial charge in [0.05, 0.1) is 12.1 Å². The van der Waals surface area contributed by atoms with Gasteiger partial charge in [0.15, 0.2) is 0 Å². The molecule has 1 aromatic carbocycles. The van der Waals surface area contributed by atoms with Gasteiger partial charge in [0.2, 0.25) is 5.91 Å². The van der Waals surface area contributed by atoms with Crippen LogP contribution in [0.5, 0.6) is 0 Å². The summed E-state index contributed by atoms with van der Waals surface area (Å²) in [6.07, 6.45) is -2.75. The Morgan fingerprint density at radius 1 is 1.16 bits per heavy atom. The number of hydrogen-bond acceptors (Lipinski definition) is 3. The van der Waals surface area contributed by atoms with Gasteiger partial charge in [-0.25, -0.2) is 4.79 Å². The molecule has 1 fully saturated rings. The maximum absolute atomic E-state index is 12.5. The molecule has 25 heavy (non-hydrogen) atoms. The molecule has 1 aliphatic heterocycles. The van der Waals surface area contributed by atoms with Crippen LogP contribution in [0.2, 0.25) is 0 Å². The molecular weight excluding hydrogens is 341 g/mol. The third-order valence-electron chi connectivity index (χ3n) is 3.98. The van der Waals surface area contributed by atoms with Crippen LogP contribution >= 0.6 is 0 Å². The average molecular weight is 358 g/mol. The van der Waals surface area contributed by atoms with E-state index in [1.54, 1.807) is 0 Å². The number of carbonyl (C=O) groups is 3. The van der Waals surface area contributed by atoms with E-state index in [2.05, 4.69) is 5.32 Å². The number of piperidine rings is 1. The minimum atomic E-state index is -4.49. The predicted octanol–water partition coefficient (Wildman–Crippen LogP) is 1.90. The van der Waals surface area contributed by atoms with Crippen molar-refractivity contribution in [3.8, 4) is 0 Å². The molecule has 9 heteroatoms. The minimum absolute atomic E-state index is 0.0192. The molecule has 1 saturated heterocycles. The van der Waals surface area contributed by atoms with Gasteiger partial charge in [0.25, 0.3) is 5.91 Å². The number of alkyl halides is 3. The maximum Gasteiger partial charge on any atom is 0.416 e. The molecule has 6 nitrogen and oxygen atoms in total. The Morgan fingerprint density at radius 2 is 1.80 bits per heavy atom. The van der Waals surface area contributed by atoms with E-state index in [9.17, 15) is 27.6 Å². The van der Waals surface area contributed by atoms with Gasteiger partial charge in [-0.05, 0) is 43.5 Å². The second-order valence-corrected chi connectivity index (χ2v) is 5.69. The van der Waals surface area contributed by atoms with Crippen LogP contribution in [0.25, 0.3) is 0 Å². The number of carbonyl (C=O) groups excluding carboxylic acids is 2. The van der Waals surface area contributed by atoms with E-state index in [1.165, 1.54) is 4.90 Å². The molecule has 0 radical (unpaired) electrons. The summed E-state index contributed by atoms with van der Waals surface area (Å²) in [6, 6.07) is 2.68. The zero-order valence-electron chi connectivity index (χ0n) is 13.2. The molecule has 1 atom stereocenters. The van der Waals surface area contributed by atoms with Gasteiger partial charge in [0, 0.05) is 12.1 Å². The average Bonchev–Trinajstić information content (AvgIpc) is 2.58. The second-order valence-electron chi connectivity index (χ2n) is 5.69. The van der Waals surface area contributed by atoms with E-state index < -0.39 is 42.1 Å². The van der Waals surface area contributed by atoms with Gasteiger partial charge in [-0.1, -0.05) is 0 Å². The summed E-state index contributed by atoms with van der Waals surface area (Å²) in [5, 5.41) is 11.4. The van der Waals surface area contributed by atoms with Crippen LogP contribution < -0.4 is 5.32 Å². The predicted molar refractivity (Wildman–Crippen MR) is 80.8 cm³/mol. The van der Waals surface area contributed by atoms with E-state index in [-0.39, 0.29) is 5.56 Å². The fraction of sp³-hybridized carbons (Fsp3) is 0.438. The summed E-state index contributed by atoms with van der Waals surface area (Å²) in [7, 11) is 0. The number of benzene rings is 1. The van der Waals surface area contributed by atoms with E-state index in [4.69, 9.17) is 5.11 Å². The lowest BCUT2D eigenvalue weighted by Crippen LogP contribution is -2.51. The van der Waals surface area contributed by atoms with E-state index in [0.717, 1.165) is 24.3 Å². The number of hydrogen-bond donors (Lipinski definition) is 2. The molecule has 2 amide bonds. The Labute approximate surface area is 141 Å². The van der Waals surface area contributed by atoms with Crippen molar-refractivity contribution >= 4 is 17.8 Å². The largest absolute Gasteiger partial charge is 0.480 e. The summed E-state index contributed by atoms with van der Waals surface area (Å²) in [4.78, 5) is 36.4. The molecule has 1 aliphatic rings. The van der Waals surface area contributed by atoms with Crippen molar-refractivity contribution < 1.29 is 32.7 Å². The van der Waals surface area contributed by atoms with Crippen molar-refractivity contribution in [3.63, 3.8) is 0 Å². The van der Waals surface area contributed by atoms with Crippen molar-refractivity contribution in [3.05, 3.63) is 35.4 Å². The number of halogens is 3. The Kier molecular flexibility index (Phi) is 5.66. The maximum atomic E-state index is 12.5. The fourth-order valence-electron chi connectivity index (χ4n) is 2.66. The number of amides is 2. The quantitative estimate of drug-likeness (QED) is 0.861. The number of nitrogens with one attached hydrogen (secondary N) is 1. The monoisotopic (exact) mass is 358 g/mol. The molecule has 0 saturated carbocycles. The third-order valence-corrected chi connectivity index (χ3v) is 3.98. The number of nitrogens with zero attached hydrogens (tertiary/aromatic N) is 1. The molecule has 2 N–H and O–H groups in total. The molecule has 2 rings (SSSR count). The number of rotatable bonds is 4. The standard InChI is InChI=1S/C16H17F3N2O4/c17-16(18,19)11-6-4-10(5-7-11)14(23)20-9-13(22)21-8-2-1-3-12(21)15(24)25/h4-7,12H,1-3,8-9H2,(H,20,23)(H,24,25)/t12-/m1/s1. The van der Waals surface area contributed by atoms with Gasteiger partial charge < -0.3 is 15.3 Å². The highest BCUT2D eigenvalue weighted by molar-refractivity contribution is 5.96. The van der Waals surface area contributed by atoms with Gasteiger partial charge >= 0.3 is 12.1 Å². The normalized spacial score (nSPS) is 17.9. The van der Waals surface area contributed by atoms with Crippen LogP contribution in [-0.4, -0.2) is 46.9 Å². The van der Waals surface area contributed by atoms with Crippen LogP contribution in [-0.2, 0) is 15.8 Å². The summed E-state index contributed by atoms with van der Waals surface area (Å²) < 4.78 is 37.5. The topological polar surface area (TPSA) is 86.7 Å². The Morgan fingerprint density at radius 3 is 2.36 bits per heavy atom. The van der Waals surface area contributed by atoms with Gasteiger partial charge in [0.1, 0.15) is 6.04 Å². The number of aliphatic carboxylic acids is 1. The first-order valence-corrected chi connectivity index (χ1v) is 7.68. The van der Waals surface area contributed by atoms with Crippen LogP contribution in [0.15, 0.2) is 24.3 Å². The summed E-state index contributed by atoms with van der Waals surface area (Å²) in [5.41, 5.74) is -0.896. The first-order valence-electron chi connectivity index (χ1n) is 7.68. The molecule has 0 unspecified atom stereocenters. The molecule has 0 bridgehead atoms. The molecule has 0 aromatic heterocycles. The fourth-order valence-corrected chi connectivity index (χ4v) is 2.66. The van der Waals surface area contributed by atoms with Crippen LogP contribution in [0, 0.1) is 0 Å². The van der Waals surface area contributed by atoms with Crippen molar-refractivity contribution in [2.75, 3.05) is 13.1 Å². The Hall–Kier alpha value is -2.58. The molecule has 1 aromatic rings. The zero-order valence-corrected chi connectivity index (χ0v) is 13.2. The lowest BCUT2D eigenvalue weighted by molar-refractivity contribution is -0.151. The first kappa shape index (κ1) is 18.8. The molecule has 1 heterocycles. The highest BCUT2D eigenvalue weighted by atomic mass is 19.4. The minimum Gasteiger partial charge on any atom is -0.480 e. The third kappa shape index (κ3) is 4.71. The van der Waals surface area contributed by atoms with E-state index >= 15 is 0 Å². The zero-order chi connectivity index (χ0) is 18.6. The van der Waals surface area contributed by atoms with Crippen LogP contribution in [0.3, 0.4) is 0 Å². The summed E-state index contributed by atoms with van der Waals surface area (Å²) in [5.74, 6) is -2.33. The molecular formula is C16H17F3N2O4. The first-order chi connectivity index (χ1) is 11.7. The van der Waals surface area contributed by atoms with Crippen LogP contribution in [0.4, 0.5) is 13.2 Å². The highest BCUT2D eigenvalue weighted by Gasteiger charge is 2.32. The van der Waals surface area contributed by atoms with Crippen molar-refractivity contribution in [1.82, 2.24) is 10.2 Å². The number of carboxylic acid groups (broad SMARTS) is 1. The SMILES string of the molecule is O=C(NCC(=O)N1CCCC[C@@H]1C(=O)O)c1ccc(C(F)(F)F)cc1. The number of carboxylic acids is 1. The Balaban J connectivity index is 1.94. The molecule has 136 valence electrons. The second kappa shape index (κ2) is 7.54.